The highest BCUT2D eigenvalue weighted by Crippen LogP contribution is 2.15. The summed E-state index contributed by atoms with van der Waals surface area (Å²) >= 11 is 1.76. The summed E-state index contributed by atoms with van der Waals surface area (Å²) in [6.07, 6.45) is 1.95. The first-order chi connectivity index (χ1) is 13.2. The molecule has 0 aliphatic heterocycles. The fraction of sp³-hybridized carbons (Fsp3) is 0.300. The van der Waals surface area contributed by atoms with Crippen molar-refractivity contribution in [2.75, 3.05) is 13.7 Å². The van der Waals surface area contributed by atoms with Crippen molar-refractivity contribution in [3.05, 3.63) is 64.1 Å². The second-order valence-electron chi connectivity index (χ2n) is 6.03. The van der Waals surface area contributed by atoms with Crippen LogP contribution in [0.5, 0.6) is 5.75 Å². The summed E-state index contributed by atoms with van der Waals surface area (Å²) in [5.74, 6) is 1.63. The minimum atomic E-state index is 0.516. The van der Waals surface area contributed by atoms with Crippen molar-refractivity contribution in [2.45, 2.75) is 26.9 Å². The summed E-state index contributed by atoms with van der Waals surface area (Å²) in [7, 11) is 1.66. The van der Waals surface area contributed by atoms with Gasteiger partial charge >= 0.3 is 0 Å². The number of hydrogen-bond donors (Lipinski definition) is 2. The van der Waals surface area contributed by atoms with Gasteiger partial charge in [0.1, 0.15) is 5.75 Å². The van der Waals surface area contributed by atoms with Gasteiger partial charge < -0.3 is 15.4 Å². The number of nitrogens with one attached hydrogen (secondary N) is 2. The fourth-order valence-electron chi connectivity index (χ4n) is 2.58. The summed E-state index contributed by atoms with van der Waals surface area (Å²) < 4.78 is 7.04. The number of ether oxygens (including phenoxy) is 1. The van der Waals surface area contributed by atoms with Gasteiger partial charge in [0, 0.05) is 17.6 Å². The smallest absolute Gasteiger partial charge is 0.191 e. The molecule has 142 valence electrons. The Balaban J connectivity index is 1.63. The van der Waals surface area contributed by atoms with E-state index in [1.54, 1.807) is 18.4 Å². The zero-order valence-electron chi connectivity index (χ0n) is 15.9. The summed E-state index contributed by atoms with van der Waals surface area (Å²) in [6, 6.07) is 11.9. The summed E-state index contributed by atoms with van der Waals surface area (Å²) in [5, 5.41) is 13.4. The van der Waals surface area contributed by atoms with Crippen molar-refractivity contribution in [1.29, 1.82) is 0 Å². The van der Waals surface area contributed by atoms with Gasteiger partial charge in [-0.25, -0.2) is 9.67 Å². The van der Waals surface area contributed by atoms with E-state index in [9.17, 15) is 0 Å². The molecule has 0 unspecified atom stereocenters. The number of rotatable bonds is 7. The third-order valence-corrected chi connectivity index (χ3v) is 5.13. The first-order valence-corrected chi connectivity index (χ1v) is 9.81. The first kappa shape index (κ1) is 19.0. The van der Waals surface area contributed by atoms with E-state index in [2.05, 4.69) is 46.0 Å². The average molecular weight is 384 g/mol. The number of benzene rings is 1. The van der Waals surface area contributed by atoms with Crippen LogP contribution in [0.25, 0.3) is 5.69 Å². The third kappa shape index (κ3) is 5.10. The van der Waals surface area contributed by atoms with E-state index in [0.717, 1.165) is 36.2 Å². The summed E-state index contributed by atoms with van der Waals surface area (Å²) in [6.45, 7) is 6.29. The maximum Gasteiger partial charge on any atom is 0.191 e. The van der Waals surface area contributed by atoms with E-state index in [4.69, 9.17) is 4.74 Å². The van der Waals surface area contributed by atoms with Crippen LogP contribution in [0, 0.1) is 6.92 Å². The second-order valence-corrected chi connectivity index (χ2v) is 7.03. The maximum atomic E-state index is 5.19. The highest BCUT2D eigenvalue weighted by molar-refractivity contribution is 7.10. The van der Waals surface area contributed by atoms with Crippen molar-refractivity contribution in [3.63, 3.8) is 0 Å². The van der Waals surface area contributed by atoms with E-state index >= 15 is 0 Å². The van der Waals surface area contributed by atoms with Crippen LogP contribution in [0.2, 0.25) is 0 Å². The van der Waals surface area contributed by atoms with Crippen LogP contribution >= 0.6 is 11.3 Å². The molecule has 2 heterocycles. The fourth-order valence-corrected chi connectivity index (χ4v) is 3.42. The highest BCUT2D eigenvalue weighted by atomic mass is 32.1. The van der Waals surface area contributed by atoms with Crippen molar-refractivity contribution in [2.24, 2.45) is 4.99 Å². The summed E-state index contributed by atoms with van der Waals surface area (Å²) in [4.78, 5) is 5.97. The molecule has 3 rings (SSSR count). The number of methoxy groups -OCH3 is 1. The predicted molar refractivity (Wildman–Crippen MR) is 111 cm³/mol. The Kier molecular flexibility index (Phi) is 6.49. The Morgan fingerprint density at radius 2 is 2.00 bits per heavy atom. The second kappa shape index (κ2) is 9.23. The average Bonchev–Trinajstić information content (AvgIpc) is 3.33. The third-order valence-electron chi connectivity index (χ3n) is 4.11. The molecular weight excluding hydrogens is 358 g/mol. The minimum absolute atomic E-state index is 0.516. The monoisotopic (exact) mass is 383 g/mol. The van der Waals surface area contributed by atoms with Crippen LogP contribution in [-0.2, 0) is 13.1 Å². The molecular formula is C20H25N5OS. The lowest BCUT2D eigenvalue weighted by Crippen LogP contribution is -2.36. The SMILES string of the molecule is CCNC(=NCc1ccn(-c2ccc(OC)cc2)n1)NCc1sccc1C. The molecule has 27 heavy (non-hydrogen) atoms. The van der Waals surface area contributed by atoms with Crippen molar-refractivity contribution in [1.82, 2.24) is 20.4 Å². The molecule has 0 atom stereocenters. The van der Waals surface area contributed by atoms with Gasteiger partial charge in [-0.15, -0.1) is 11.3 Å². The normalized spacial score (nSPS) is 11.4. The standard InChI is InChI=1S/C20H25N5OS/c1-4-21-20(23-14-19-15(2)10-12-27-19)22-13-16-9-11-25(24-16)17-5-7-18(26-3)8-6-17/h5-12H,4,13-14H2,1-3H3,(H2,21,22,23). The lowest BCUT2D eigenvalue weighted by molar-refractivity contribution is 0.414. The van der Waals surface area contributed by atoms with Gasteiger partial charge in [-0.3, -0.25) is 0 Å². The van der Waals surface area contributed by atoms with Gasteiger partial charge in [-0.2, -0.15) is 5.10 Å². The van der Waals surface area contributed by atoms with Crippen LogP contribution in [0.4, 0.5) is 0 Å². The number of hydrogen-bond acceptors (Lipinski definition) is 4. The molecule has 7 heteroatoms. The summed E-state index contributed by atoms with van der Waals surface area (Å²) in [5.41, 5.74) is 3.21. The largest absolute Gasteiger partial charge is 0.497 e. The molecule has 0 saturated carbocycles. The van der Waals surface area contributed by atoms with Gasteiger partial charge in [0.15, 0.2) is 5.96 Å². The molecule has 0 amide bonds. The Labute approximate surface area is 163 Å². The Hall–Kier alpha value is -2.80. The van der Waals surface area contributed by atoms with Crippen LogP contribution in [-0.4, -0.2) is 29.4 Å². The molecule has 2 N–H and O–H groups in total. The van der Waals surface area contributed by atoms with Gasteiger partial charge in [-0.05, 0) is 61.2 Å². The van der Waals surface area contributed by atoms with Gasteiger partial charge in [-0.1, -0.05) is 0 Å². The number of aryl methyl sites for hydroxylation is 1. The Morgan fingerprint density at radius 1 is 1.19 bits per heavy atom. The lowest BCUT2D eigenvalue weighted by Gasteiger charge is -2.10. The Morgan fingerprint density at radius 3 is 2.67 bits per heavy atom. The zero-order valence-corrected chi connectivity index (χ0v) is 16.7. The van der Waals surface area contributed by atoms with Crippen molar-refractivity contribution >= 4 is 17.3 Å². The van der Waals surface area contributed by atoms with E-state index < -0.39 is 0 Å². The lowest BCUT2D eigenvalue weighted by atomic mass is 10.3. The topological polar surface area (TPSA) is 63.5 Å². The number of aliphatic imine (C=N–C) groups is 1. The minimum Gasteiger partial charge on any atom is -0.497 e. The van der Waals surface area contributed by atoms with Gasteiger partial charge in [0.25, 0.3) is 0 Å². The number of guanidine groups is 1. The maximum absolute atomic E-state index is 5.19. The molecule has 0 fully saturated rings. The van der Waals surface area contributed by atoms with Gasteiger partial charge in [0.2, 0.25) is 0 Å². The molecule has 0 bridgehead atoms. The van der Waals surface area contributed by atoms with E-state index in [0.29, 0.717) is 6.54 Å². The molecule has 0 aliphatic carbocycles. The molecule has 0 aliphatic rings. The predicted octanol–water partition coefficient (Wildman–Crippen LogP) is 3.51. The highest BCUT2D eigenvalue weighted by Gasteiger charge is 2.04. The van der Waals surface area contributed by atoms with Crippen LogP contribution in [0.1, 0.15) is 23.1 Å². The Bertz CT molecular complexity index is 882. The zero-order chi connectivity index (χ0) is 19.1. The number of nitrogens with zero attached hydrogens (tertiary/aromatic N) is 3. The molecule has 0 saturated heterocycles. The van der Waals surface area contributed by atoms with Gasteiger partial charge in [0.05, 0.1) is 31.6 Å². The van der Waals surface area contributed by atoms with Crippen LogP contribution in [0.3, 0.4) is 0 Å². The quantitative estimate of drug-likeness (QED) is 0.484. The van der Waals surface area contributed by atoms with E-state index in [1.807, 2.05) is 41.2 Å². The van der Waals surface area contributed by atoms with Crippen molar-refractivity contribution < 1.29 is 4.74 Å². The van der Waals surface area contributed by atoms with Crippen LogP contribution < -0.4 is 15.4 Å². The molecule has 1 aromatic carbocycles. The van der Waals surface area contributed by atoms with E-state index in [1.165, 1.54) is 10.4 Å². The van der Waals surface area contributed by atoms with Crippen molar-refractivity contribution in [3.8, 4) is 11.4 Å². The molecule has 2 aromatic heterocycles. The molecule has 6 nitrogen and oxygen atoms in total. The van der Waals surface area contributed by atoms with Crippen LogP contribution in [0.15, 0.2) is 53.0 Å². The molecule has 3 aromatic rings. The number of aromatic nitrogens is 2. The number of thiophene rings is 1. The first-order valence-electron chi connectivity index (χ1n) is 8.93. The molecule has 0 radical (unpaired) electrons. The molecule has 0 spiro atoms. The van der Waals surface area contributed by atoms with E-state index in [-0.39, 0.29) is 0 Å².